The molecule has 0 amide bonds. The molecule has 0 bridgehead atoms. The normalized spacial score (nSPS) is 16.2. The minimum atomic E-state index is 0.920. The predicted octanol–water partition coefficient (Wildman–Crippen LogP) is 9.28. The summed E-state index contributed by atoms with van der Waals surface area (Å²) in [6.45, 7) is 7.54. The molecule has 6 nitrogen and oxygen atoms in total. The van der Waals surface area contributed by atoms with E-state index in [4.69, 9.17) is 9.97 Å². The molecule has 4 aromatic carbocycles. The highest BCUT2D eigenvalue weighted by Crippen LogP contribution is 2.30. The lowest BCUT2D eigenvalue weighted by atomic mass is 10.0. The summed E-state index contributed by atoms with van der Waals surface area (Å²) >= 11 is 0. The van der Waals surface area contributed by atoms with Crippen LogP contribution in [0.4, 0.5) is 0 Å². The molecule has 8 rings (SSSR count). The fourth-order valence-corrected chi connectivity index (χ4v) is 7.69. The number of hydrogen-bond acceptors (Lipinski definition) is 4. The maximum Gasteiger partial charge on any atom is 0.138 e. The summed E-state index contributed by atoms with van der Waals surface area (Å²) in [5, 5.41) is 0. The van der Waals surface area contributed by atoms with Crippen molar-refractivity contribution in [2.75, 3.05) is 39.3 Å². The van der Waals surface area contributed by atoms with Gasteiger partial charge in [-0.25, -0.2) is 9.97 Å². The summed E-state index contributed by atoms with van der Waals surface area (Å²) in [6, 6.07) is 30.9. The molecule has 48 heavy (non-hydrogen) atoms. The zero-order valence-electron chi connectivity index (χ0n) is 28.2. The van der Waals surface area contributed by atoms with Crippen molar-refractivity contribution in [2.45, 2.75) is 64.2 Å². The second-order valence-electron chi connectivity index (χ2n) is 14.0. The lowest BCUT2D eigenvalue weighted by molar-refractivity contribution is 0.226. The molecule has 2 fully saturated rings. The number of rotatable bonds is 11. The molecule has 0 aliphatic carbocycles. The highest BCUT2D eigenvalue weighted by molar-refractivity contribution is 5.88. The molecule has 2 aliphatic heterocycles. The average molecular weight is 637 g/mol. The standard InChI is InChI=1S/C42H48N6/c1-3-23-47(24-4-1)27-7-9-31-11-15-33(16-12-31)41-43-37-21-19-35(29-39(37)45-41)36-20-22-38-40(30-36)46-42(44-38)34-17-13-32(14-18-34)10-8-28-48-25-5-2-6-26-48/h11-22,29-30H,1-10,23-28H2,(H,43,45)(H,44,46). The third-order valence-electron chi connectivity index (χ3n) is 10.5. The van der Waals surface area contributed by atoms with E-state index in [9.17, 15) is 0 Å². The number of piperidine rings is 2. The van der Waals surface area contributed by atoms with E-state index >= 15 is 0 Å². The number of aryl methyl sites for hydroxylation is 2. The van der Waals surface area contributed by atoms with E-state index in [0.717, 1.165) is 68.8 Å². The zero-order chi connectivity index (χ0) is 32.1. The summed E-state index contributed by atoms with van der Waals surface area (Å²) in [6.07, 6.45) is 13.0. The maximum absolute atomic E-state index is 4.92. The monoisotopic (exact) mass is 636 g/mol. The van der Waals surface area contributed by atoms with Crippen molar-refractivity contribution in [3.63, 3.8) is 0 Å². The molecule has 246 valence electrons. The van der Waals surface area contributed by atoms with Crippen LogP contribution in [0.1, 0.15) is 62.5 Å². The van der Waals surface area contributed by atoms with Gasteiger partial charge in [0.05, 0.1) is 22.1 Å². The zero-order valence-corrected chi connectivity index (χ0v) is 28.2. The number of H-pyrrole nitrogens is 2. The highest BCUT2D eigenvalue weighted by atomic mass is 15.1. The molecule has 0 radical (unpaired) electrons. The topological polar surface area (TPSA) is 63.8 Å². The van der Waals surface area contributed by atoms with Crippen LogP contribution in [0, 0.1) is 0 Å². The highest BCUT2D eigenvalue weighted by Gasteiger charge is 2.13. The smallest absolute Gasteiger partial charge is 0.138 e. The van der Waals surface area contributed by atoms with Crippen molar-refractivity contribution in [1.29, 1.82) is 0 Å². The van der Waals surface area contributed by atoms with Crippen molar-refractivity contribution in [1.82, 2.24) is 29.7 Å². The molecule has 2 N–H and O–H groups in total. The SMILES string of the molecule is c1cc(-c2nc3ccc(-c4ccc5nc(-c6ccc(CCCN7CCCCC7)cc6)[nH]c5c4)cc3[nH]2)ccc1CCCN1CCCCC1. The van der Waals surface area contributed by atoms with E-state index in [2.05, 4.69) is 105 Å². The van der Waals surface area contributed by atoms with Gasteiger partial charge < -0.3 is 19.8 Å². The van der Waals surface area contributed by atoms with Gasteiger partial charge >= 0.3 is 0 Å². The summed E-state index contributed by atoms with van der Waals surface area (Å²) in [7, 11) is 0. The number of aromatic amines is 2. The van der Waals surface area contributed by atoms with Gasteiger partial charge in [-0.05, 0) is 137 Å². The molecule has 0 spiro atoms. The second-order valence-corrected chi connectivity index (χ2v) is 14.0. The van der Waals surface area contributed by atoms with Gasteiger partial charge in [0, 0.05) is 11.1 Å². The van der Waals surface area contributed by atoms with Gasteiger partial charge in [-0.2, -0.15) is 0 Å². The van der Waals surface area contributed by atoms with Crippen molar-refractivity contribution >= 4 is 22.1 Å². The van der Waals surface area contributed by atoms with Gasteiger partial charge in [0.25, 0.3) is 0 Å². The first-order valence-corrected chi connectivity index (χ1v) is 18.4. The Morgan fingerprint density at radius 1 is 0.458 bits per heavy atom. The molecule has 0 saturated carbocycles. The van der Waals surface area contributed by atoms with E-state index in [1.807, 2.05) is 0 Å². The van der Waals surface area contributed by atoms with Crippen LogP contribution in [0.3, 0.4) is 0 Å². The van der Waals surface area contributed by atoms with Crippen LogP contribution in [0.5, 0.6) is 0 Å². The van der Waals surface area contributed by atoms with Gasteiger partial charge in [-0.3, -0.25) is 0 Å². The molecule has 4 heterocycles. The number of imidazole rings is 2. The Hall–Kier alpha value is -4.26. The predicted molar refractivity (Wildman–Crippen MR) is 199 cm³/mol. The Morgan fingerprint density at radius 3 is 1.27 bits per heavy atom. The first-order chi connectivity index (χ1) is 23.7. The van der Waals surface area contributed by atoms with Crippen LogP contribution in [0.15, 0.2) is 84.9 Å². The molecule has 2 saturated heterocycles. The van der Waals surface area contributed by atoms with E-state index < -0.39 is 0 Å². The van der Waals surface area contributed by atoms with Gasteiger partial charge in [0.2, 0.25) is 0 Å². The molecular formula is C42H48N6. The van der Waals surface area contributed by atoms with E-state index in [0.29, 0.717) is 0 Å². The Labute approximate surface area is 284 Å². The lowest BCUT2D eigenvalue weighted by Crippen LogP contribution is -2.30. The number of hydrogen-bond donors (Lipinski definition) is 2. The number of nitrogens with one attached hydrogen (secondary N) is 2. The van der Waals surface area contributed by atoms with Gasteiger partial charge in [-0.15, -0.1) is 0 Å². The Morgan fingerprint density at radius 2 is 0.854 bits per heavy atom. The van der Waals surface area contributed by atoms with Crippen LogP contribution in [0.2, 0.25) is 0 Å². The third kappa shape index (κ3) is 7.25. The minimum Gasteiger partial charge on any atom is -0.338 e. The Bertz CT molecular complexity index is 1800. The summed E-state index contributed by atoms with van der Waals surface area (Å²) in [4.78, 5) is 22.3. The minimum absolute atomic E-state index is 0.920. The fourth-order valence-electron chi connectivity index (χ4n) is 7.69. The van der Waals surface area contributed by atoms with Crippen molar-refractivity contribution in [3.8, 4) is 33.9 Å². The molecule has 6 aromatic rings. The van der Waals surface area contributed by atoms with Crippen molar-refractivity contribution < 1.29 is 0 Å². The fraction of sp³-hybridized carbons (Fsp3) is 0.381. The van der Waals surface area contributed by atoms with Crippen molar-refractivity contribution in [3.05, 3.63) is 96.1 Å². The van der Waals surface area contributed by atoms with Crippen LogP contribution in [0.25, 0.3) is 56.0 Å². The summed E-state index contributed by atoms with van der Waals surface area (Å²) in [5.74, 6) is 1.84. The summed E-state index contributed by atoms with van der Waals surface area (Å²) < 4.78 is 0. The molecule has 6 heteroatoms. The Balaban J connectivity index is 0.913. The second kappa shape index (κ2) is 14.5. The molecule has 0 unspecified atom stereocenters. The first-order valence-electron chi connectivity index (χ1n) is 18.4. The van der Waals surface area contributed by atoms with Crippen LogP contribution in [-0.4, -0.2) is 69.0 Å². The maximum atomic E-state index is 4.92. The molecule has 0 atom stereocenters. The van der Waals surface area contributed by atoms with Gasteiger partial charge in [0.1, 0.15) is 11.6 Å². The van der Waals surface area contributed by atoms with E-state index in [1.165, 1.54) is 102 Å². The average Bonchev–Trinajstić information content (AvgIpc) is 3.77. The lowest BCUT2D eigenvalue weighted by Gasteiger charge is -2.26. The largest absolute Gasteiger partial charge is 0.338 e. The third-order valence-corrected chi connectivity index (χ3v) is 10.5. The number of benzene rings is 4. The van der Waals surface area contributed by atoms with Gasteiger partial charge in [0.15, 0.2) is 0 Å². The van der Waals surface area contributed by atoms with Crippen LogP contribution in [-0.2, 0) is 12.8 Å². The summed E-state index contributed by atoms with van der Waals surface area (Å²) in [5.41, 5.74) is 11.5. The van der Waals surface area contributed by atoms with Crippen molar-refractivity contribution in [2.24, 2.45) is 0 Å². The first kappa shape index (κ1) is 31.0. The number of fused-ring (bicyclic) bond motifs is 2. The number of aromatic nitrogens is 4. The number of nitrogens with zero attached hydrogens (tertiary/aromatic N) is 4. The molecule has 2 aromatic heterocycles. The van der Waals surface area contributed by atoms with Crippen LogP contribution < -0.4 is 0 Å². The van der Waals surface area contributed by atoms with Crippen LogP contribution >= 0.6 is 0 Å². The quantitative estimate of drug-likeness (QED) is 0.149. The number of likely N-dealkylation sites (tertiary alicyclic amines) is 2. The molecular weight excluding hydrogens is 589 g/mol. The van der Waals surface area contributed by atoms with E-state index in [1.54, 1.807) is 0 Å². The Kier molecular flexibility index (Phi) is 9.35. The van der Waals surface area contributed by atoms with E-state index in [-0.39, 0.29) is 0 Å². The molecule has 2 aliphatic rings. The van der Waals surface area contributed by atoms with Gasteiger partial charge in [-0.1, -0.05) is 73.5 Å².